The molecule has 0 bridgehead atoms. The molecule has 1 aromatic carbocycles. The SMILES string of the molecule is CNCc1cc(OCc2cc(Cl)ccc2F)n(CCC(C)(C)C)n1. The van der Waals surface area contributed by atoms with Gasteiger partial charge in [0.1, 0.15) is 12.4 Å². The van der Waals surface area contributed by atoms with Crippen molar-refractivity contribution in [2.24, 2.45) is 5.41 Å². The first-order valence-corrected chi connectivity index (χ1v) is 8.44. The van der Waals surface area contributed by atoms with E-state index in [0.29, 0.717) is 23.0 Å². The van der Waals surface area contributed by atoms with Gasteiger partial charge in [0.15, 0.2) is 0 Å². The molecule has 132 valence electrons. The van der Waals surface area contributed by atoms with Crippen LogP contribution in [0.15, 0.2) is 24.3 Å². The van der Waals surface area contributed by atoms with Crippen molar-refractivity contribution in [1.29, 1.82) is 0 Å². The molecule has 6 heteroatoms. The Morgan fingerprint density at radius 2 is 2.04 bits per heavy atom. The van der Waals surface area contributed by atoms with Crippen LogP contribution in [0.5, 0.6) is 5.88 Å². The smallest absolute Gasteiger partial charge is 0.212 e. The number of hydrogen-bond acceptors (Lipinski definition) is 3. The first-order valence-electron chi connectivity index (χ1n) is 8.06. The minimum absolute atomic E-state index is 0.118. The molecule has 0 spiro atoms. The van der Waals surface area contributed by atoms with Crippen LogP contribution in [0, 0.1) is 11.2 Å². The normalized spacial score (nSPS) is 11.8. The van der Waals surface area contributed by atoms with Gasteiger partial charge in [-0.2, -0.15) is 5.10 Å². The molecule has 2 rings (SSSR count). The van der Waals surface area contributed by atoms with Crippen LogP contribution in [0.2, 0.25) is 5.02 Å². The molecule has 1 aromatic heterocycles. The molecule has 1 N–H and O–H groups in total. The molecule has 0 aliphatic carbocycles. The van der Waals surface area contributed by atoms with Crippen molar-refractivity contribution in [3.05, 3.63) is 46.4 Å². The Morgan fingerprint density at radius 3 is 2.71 bits per heavy atom. The van der Waals surface area contributed by atoms with Crippen molar-refractivity contribution in [2.45, 2.75) is 46.9 Å². The maximum atomic E-state index is 13.8. The topological polar surface area (TPSA) is 39.1 Å². The van der Waals surface area contributed by atoms with Gasteiger partial charge in [0, 0.05) is 29.7 Å². The first kappa shape index (κ1) is 18.7. The molecule has 0 unspecified atom stereocenters. The molecule has 1 heterocycles. The van der Waals surface area contributed by atoms with Gasteiger partial charge in [-0.3, -0.25) is 0 Å². The summed E-state index contributed by atoms with van der Waals surface area (Å²) in [7, 11) is 1.87. The zero-order chi connectivity index (χ0) is 17.7. The number of halogens is 2. The molecule has 0 amide bonds. The van der Waals surface area contributed by atoms with Crippen molar-refractivity contribution in [3.8, 4) is 5.88 Å². The number of benzene rings is 1. The number of aryl methyl sites for hydroxylation is 1. The maximum absolute atomic E-state index is 13.8. The van der Waals surface area contributed by atoms with E-state index >= 15 is 0 Å². The van der Waals surface area contributed by atoms with Crippen molar-refractivity contribution in [2.75, 3.05) is 7.05 Å². The lowest BCUT2D eigenvalue weighted by Gasteiger charge is -2.18. The van der Waals surface area contributed by atoms with E-state index in [2.05, 4.69) is 31.2 Å². The second-order valence-electron chi connectivity index (χ2n) is 7.06. The fraction of sp³-hybridized carbons (Fsp3) is 0.500. The van der Waals surface area contributed by atoms with E-state index in [-0.39, 0.29) is 17.8 Å². The van der Waals surface area contributed by atoms with Crippen molar-refractivity contribution in [1.82, 2.24) is 15.1 Å². The number of hydrogen-bond donors (Lipinski definition) is 1. The molecular formula is C18H25ClFN3O. The Morgan fingerprint density at radius 1 is 1.29 bits per heavy atom. The second-order valence-corrected chi connectivity index (χ2v) is 7.50. The van der Waals surface area contributed by atoms with Crippen LogP contribution in [0.25, 0.3) is 0 Å². The van der Waals surface area contributed by atoms with Crippen LogP contribution in [0.3, 0.4) is 0 Å². The van der Waals surface area contributed by atoms with Crippen LogP contribution < -0.4 is 10.1 Å². The summed E-state index contributed by atoms with van der Waals surface area (Å²) in [6.07, 6.45) is 0.968. The van der Waals surface area contributed by atoms with Gasteiger partial charge in [-0.25, -0.2) is 9.07 Å². The van der Waals surface area contributed by atoms with Gasteiger partial charge in [0.2, 0.25) is 5.88 Å². The standard InChI is InChI=1S/C18H25ClFN3O/c1-18(2,3)7-8-23-17(10-15(22-23)11-21-4)24-12-13-9-14(19)5-6-16(13)20/h5-6,9-10,21H,7-8,11-12H2,1-4H3. The van der Waals surface area contributed by atoms with Crippen molar-refractivity contribution < 1.29 is 9.13 Å². The summed E-state index contributed by atoms with van der Waals surface area (Å²) < 4.78 is 21.5. The van der Waals surface area contributed by atoms with Crippen LogP contribution in [-0.4, -0.2) is 16.8 Å². The highest BCUT2D eigenvalue weighted by Gasteiger charge is 2.15. The third kappa shape index (κ3) is 5.49. The Kier molecular flexibility index (Phi) is 6.24. The van der Waals surface area contributed by atoms with Gasteiger partial charge in [-0.1, -0.05) is 32.4 Å². The summed E-state index contributed by atoms with van der Waals surface area (Å²) in [5.74, 6) is 0.319. The van der Waals surface area contributed by atoms with Gasteiger partial charge in [-0.15, -0.1) is 0 Å². The van der Waals surface area contributed by atoms with Crippen LogP contribution >= 0.6 is 11.6 Å². The quantitative estimate of drug-likeness (QED) is 0.801. The predicted molar refractivity (Wildman–Crippen MR) is 94.8 cm³/mol. The number of ether oxygens (including phenoxy) is 1. The molecule has 0 aliphatic rings. The summed E-state index contributed by atoms with van der Waals surface area (Å²) >= 11 is 5.93. The van der Waals surface area contributed by atoms with E-state index in [1.54, 1.807) is 6.07 Å². The highest BCUT2D eigenvalue weighted by atomic mass is 35.5. The zero-order valence-electron chi connectivity index (χ0n) is 14.7. The lowest BCUT2D eigenvalue weighted by atomic mass is 9.92. The highest BCUT2D eigenvalue weighted by molar-refractivity contribution is 6.30. The Labute approximate surface area is 148 Å². The lowest BCUT2D eigenvalue weighted by Crippen LogP contribution is -2.13. The number of nitrogens with zero attached hydrogens (tertiary/aromatic N) is 2. The Bertz CT molecular complexity index is 679. The van der Waals surface area contributed by atoms with Crippen LogP contribution in [0.4, 0.5) is 4.39 Å². The van der Waals surface area contributed by atoms with Gasteiger partial charge < -0.3 is 10.1 Å². The largest absolute Gasteiger partial charge is 0.473 e. The first-order chi connectivity index (χ1) is 11.3. The molecule has 0 aliphatic heterocycles. The van der Waals surface area contributed by atoms with Crippen molar-refractivity contribution in [3.63, 3.8) is 0 Å². The van der Waals surface area contributed by atoms with Gasteiger partial charge >= 0.3 is 0 Å². The molecule has 24 heavy (non-hydrogen) atoms. The third-order valence-electron chi connectivity index (χ3n) is 3.61. The van der Waals surface area contributed by atoms with Crippen LogP contribution in [-0.2, 0) is 19.7 Å². The molecule has 2 aromatic rings. The van der Waals surface area contributed by atoms with E-state index in [0.717, 1.165) is 18.7 Å². The van der Waals surface area contributed by atoms with Gasteiger partial charge in [0.25, 0.3) is 0 Å². The second kappa shape index (κ2) is 7.99. The Balaban J connectivity index is 2.13. The fourth-order valence-corrected chi connectivity index (χ4v) is 2.44. The number of nitrogens with one attached hydrogen (secondary N) is 1. The maximum Gasteiger partial charge on any atom is 0.212 e. The third-order valence-corrected chi connectivity index (χ3v) is 3.84. The average Bonchev–Trinajstić information content (AvgIpc) is 2.88. The Hall–Kier alpha value is -1.59. The van der Waals surface area contributed by atoms with E-state index in [4.69, 9.17) is 16.3 Å². The summed E-state index contributed by atoms with van der Waals surface area (Å²) in [6.45, 7) is 8.09. The van der Waals surface area contributed by atoms with Crippen LogP contribution in [0.1, 0.15) is 38.4 Å². The van der Waals surface area contributed by atoms with E-state index in [1.807, 2.05) is 17.8 Å². The van der Waals surface area contributed by atoms with Gasteiger partial charge in [0.05, 0.1) is 5.69 Å². The molecule has 0 radical (unpaired) electrons. The number of aromatic nitrogens is 2. The molecule has 0 fully saturated rings. The van der Waals surface area contributed by atoms with E-state index < -0.39 is 0 Å². The van der Waals surface area contributed by atoms with E-state index in [1.165, 1.54) is 12.1 Å². The molecule has 0 saturated carbocycles. The van der Waals surface area contributed by atoms with Crippen molar-refractivity contribution >= 4 is 11.6 Å². The summed E-state index contributed by atoms with van der Waals surface area (Å²) in [6, 6.07) is 6.35. The highest BCUT2D eigenvalue weighted by Crippen LogP contribution is 2.23. The van der Waals surface area contributed by atoms with Gasteiger partial charge in [-0.05, 0) is 37.1 Å². The summed E-state index contributed by atoms with van der Waals surface area (Å²) in [5.41, 5.74) is 1.53. The minimum Gasteiger partial charge on any atom is -0.473 e. The molecule has 0 atom stereocenters. The minimum atomic E-state index is -0.324. The number of rotatable bonds is 7. The lowest BCUT2D eigenvalue weighted by molar-refractivity contribution is 0.255. The van der Waals surface area contributed by atoms with E-state index in [9.17, 15) is 4.39 Å². The molecular weight excluding hydrogens is 329 g/mol. The molecule has 0 saturated heterocycles. The monoisotopic (exact) mass is 353 g/mol. The molecule has 4 nitrogen and oxygen atoms in total. The summed E-state index contributed by atoms with van der Waals surface area (Å²) in [4.78, 5) is 0. The summed E-state index contributed by atoms with van der Waals surface area (Å²) in [5, 5.41) is 8.14. The predicted octanol–water partition coefficient (Wildman–Crippen LogP) is 4.41. The average molecular weight is 354 g/mol. The zero-order valence-corrected chi connectivity index (χ0v) is 15.5. The fourth-order valence-electron chi connectivity index (χ4n) is 2.24.